The summed E-state index contributed by atoms with van der Waals surface area (Å²) in [5.74, 6) is 0. The zero-order valence-electron chi connectivity index (χ0n) is 9.79. The molecule has 0 atom stereocenters. The predicted octanol–water partition coefficient (Wildman–Crippen LogP) is 2.80. The SMILES string of the molecule is CSn1nc(C)cc1S(=O)(=O)c1ccc(Cl)cc1. The Morgan fingerprint density at radius 3 is 2.44 bits per heavy atom. The van der Waals surface area contributed by atoms with Crippen molar-refractivity contribution in [3.8, 4) is 0 Å². The van der Waals surface area contributed by atoms with Crippen LogP contribution in [-0.4, -0.2) is 23.9 Å². The van der Waals surface area contributed by atoms with Crippen molar-refractivity contribution < 1.29 is 8.42 Å². The van der Waals surface area contributed by atoms with E-state index in [1.165, 1.54) is 28.2 Å². The monoisotopic (exact) mass is 302 g/mol. The van der Waals surface area contributed by atoms with E-state index in [1.54, 1.807) is 31.4 Å². The molecular formula is C11H11ClN2O2S2. The molecule has 18 heavy (non-hydrogen) atoms. The van der Waals surface area contributed by atoms with E-state index < -0.39 is 9.84 Å². The molecule has 96 valence electrons. The van der Waals surface area contributed by atoms with Crippen molar-refractivity contribution in [1.29, 1.82) is 0 Å². The molecule has 0 saturated heterocycles. The van der Waals surface area contributed by atoms with Gasteiger partial charge in [-0.05, 0) is 49.2 Å². The van der Waals surface area contributed by atoms with E-state index in [9.17, 15) is 8.42 Å². The highest BCUT2D eigenvalue weighted by atomic mass is 35.5. The van der Waals surface area contributed by atoms with E-state index in [1.807, 2.05) is 0 Å². The molecule has 0 N–H and O–H groups in total. The van der Waals surface area contributed by atoms with Crippen LogP contribution in [0.15, 0.2) is 40.3 Å². The van der Waals surface area contributed by atoms with Gasteiger partial charge in [-0.3, -0.25) is 0 Å². The molecule has 0 spiro atoms. The standard InChI is InChI=1S/C11H11ClN2O2S2/c1-8-7-11(14(13-8)17-2)18(15,16)10-5-3-9(12)4-6-10/h3-7H,1-2H3. The fourth-order valence-electron chi connectivity index (χ4n) is 1.50. The fourth-order valence-corrected chi connectivity index (χ4v) is 3.90. The Kier molecular flexibility index (Phi) is 3.70. The summed E-state index contributed by atoms with van der Waals surface area (Å²) in [7, 11) is -3.56. The van der Waals surface area contributed by atoms with Crippen LogP contribution in [0.4, 0.5) is 0 Å². The van der Waals surface area contributed by atoms with Gasteiger partial charge < -0.3 is 0 Å². The highest BCUT2D eigenvalue weighted by Crippen LogP contribution is 2.24. The number of benzene rings is 1. The minimum atomic E-state index is -3.56. The molecule has 0 unspecified atom stereocenters. The zero-order chi connectivity index (χ0) is 13.3. The van der Waals surface area contributed by atoms with Gasteiger partial charge in [0.2, 0.25) is 9.84 Å². The molecule has 0 fully saturated rings. The van der Waals surface area contributed by atoms with E-state index in [0.717, 1.165) is 0 Å². The normalized spacial score (nSPS) is 11.7. The van der Waals surface area contributed by atoms with E-state index >= 15 is 0 Å². The Morgan fingerprint density at radius 2 is 1.89 bits per heavy atom. The van der Waals surface area contributed by atoms with E-state index in [0.29, 0.717) is 10.7 Å². The maximum Gasteiger partial charge on any atom is 0.224 e. The van der Waals surface area contributed by atoms with Crippen LogP contribution < -0.4 is 0 Å². The van der Waals surface area contributed by atoms with Gasteiger partial charge in [-0.15, -0.1) is 0 Å². The van der Waals surface area contributed by atoms with Gasteiger partial charge in [0, 0.05) is 11.3 Å². The molecule has 0 bridgehead atoms. The zero-order valence-corrected chi connectivity index (χ0v) is 12.2. The maximum absolute atomic E-state index is 12.4. The maximum atomic E-state index is 12.4. The molecule has 4 nitrogen and oxygen atoms in total. The second-order valence-electron chi connectivity index (χ2n) is 3.64. The van der Waals surface area contributed by atoms with Crippen LogP contribution in [0.25, 0.3) is 0 Å². The Bertz CT molecular complexity index is 663. The van der Waals surface area contributed by atoms with Crippen molar-refractivity contribution in [2.24, 2.45) is 0 Å². The molecular weight excluding hydrogens is 292 g/mol. The summed E-state index contributed by atoms with van der Waals surface area (Å²) in [5, 5.41) is 4.79. The number of halogens is 1. The largest absolute Gasteiger partial charge is 0.224 e. The van der Waals surface area contributed by atoms with Gasteiger partial charge in [0.25, 0.3) is 0 Å². The van der Waals surface area contributed by atoms with Crippen molar-refractivity contribution in [3.05, 3.63) is 41.0 Å². The van der Waals surface area contributed by atoms with Gasteiger partial charge in [0.05, 0.1) is 10.6 Å². The number of hydrogen-bond donors (Lipinski definition) is 0. The first kappa shape index (κ1) is 13.5. The summed E-state index contributed by atoms with van der Waals surface area (Å²) in [5.41, 5.74) is 0.664. The van der Waals surface area contributed by atoms with Gasteiger partial charge in [0.15, 0.2) is 5.03 Å². The molecule has 2 rings (SSSR count). The second kappa shape index (κ2) is 4.95. The summed E-state index contributed by atoms with van der Waals surface area (Å²) in [6.07, 6.45) is 1.77. The molecule has 1 aromatic heterocycles. The van der Waals surface area contributed by atoms with Crippen LogP contribution in [0.5, 0.6) is 0 Å². The number of nitrogens with zero attached hydrogens (tertiary/aromatic N) is 2. The van der Waals surface area contributed by atoms with Crippen molar-refractivity contribution in [1.82, 2.24) is 9.19 Å². The summed E-state index contributed by atoms with van der Waals surface area (Å²) in [6.45, 7) is 1.76. The number of hydrogen-bond acceptors (Lipinski definition) is 4. The first-order valence-electron chi connectivity index (χ1n) is 5.07. The first-order valence-corrected chi connectivity index (χ1v) is 8.11. The van der Waals surface area contributed by atoms with Gasteiger partial charge in [-0.25, -0.2) is 8.42 Å². The Labute approximate surface area is 115 Å². The minimum Gasteiger partial charge on any atom is -0.217 e. The third-order valence-electron chi connectivity index (χ3n) is 2.34. The Morgan fingerprint density at radius 1 is 1.28 bits per heavy atom. The number of sulfone groups is 1. The predicted molar refractivity (Wildman–Crippen MR) is 72.8 cm³/mol. The molecule has 0 radical (unpaired) electrons. The molecule has 0 aliphatic carbocycles. The lowest BCUT2D eigenvalue weighted by atomic mass is 10.4. The van der Waals surface area contributed by atoms with Crippen LogP contribution in [0.1, 0.15) is 5.69 Å². The van der Waals surface area contributed by atoms with Crippen LogP contribution >= 0.6 is 23.5 Å². The third-order valence-corrected chi connectivity index (χ3v) is 5.07. The molecule has 0 saturated carbocycles. The average Bonchev–Trinajstić information content (AvgIpc) is 2.72. The van der Waals surface area contributed by atoms with Crippen LogP contribution in [0, 0.1) is 6.92 Å². The number of rotatable bonds is 3. The van der Waals surface area contributed by atoms with E-state index in [-0.39, 0.29) is 9.92 Å². The number of aromatic nitrogens is 2. The molecule has 7 heteroatoms. The third kappa shape index (κ3) is 2.41. The number of aryl methyl sites for hydroxylation is 1. The van der Waals surface area contributed by atoms with Gasteiger partial charge in [-0.2, -0.15) is 9.19 Å². The van der Waals surface area contributed by atoms with Crippen molar-refractivity contribution in [3.63, 3.8) is 0 Å². The van der Waals surface area contributed by atoms with Crippen molar-refractivity contribution in [2.75, 3.05) is 6.26 Å². The summed E-state index contributed by atoms with van der Waals surface area (Å²) in [4.78, 5) is 0.210. The lowest BCUT2D eigenvalue weighted by Crippen LogP contribution is -2.06. The Hall–Kier alpha value is -0.980. The average molecular weight is 303 g/mol. The lowest BCUT2D eigenvalue weighted by Gasteiger charge is -2.05. The highest BCUT2D eigenvalue weighted by Gasteiger charge is 2.23. The molecule has 0 aliphatic heterocycles. The first-order chi connectivity index (χ1) is 8.45. The van der Waals surface area contributed by atoms with Crippen LogP contribution in [0.2, 0.25) is 5.02 Å². The second-order valence-corrected chi connectivity index (χ2v) is 6.68. The molecule has 0 aliphatic rings. The van der Waals surface area contributed by atoms with Gasteiger partial charge in [0.1, 0.15) is 0 Å². The molecule has 2 aromatic rings. The van der Waals surface area contributed by atoms with Gasteiger partial charge >= 0.3 is 0 Å². The minimum absolute atomic E-state index is 0.176. The summed E-state index contributed by atoms with van der Waals surface area (Å²) >= 11 is 7.00. The van der Waals surface area contributed by atoms with Crippen LogP contribution in [0.3, 0.4) is 0 Å². The fraction of sp³-hybridized carbons (Fsp3) is 0.182. The summed E-state index contributed by atoms with van der Waals surface area (Å²) in [6, 6.07) is 7.65. The Balaban J connectivity index is 2.57. The van der Waals surface area contributed by atoms with Crippen molar-refractivity contribution >= 4 is 33.4 Å². The molecule has 1 aromatic carbocycles. The highest BCUT2D eigenvalue weighted by molar-refractivity contribution is 7.98. The quantitative estimate of drug-likeness (QED) is 0.875. The van der Waals surface area contributed by atoms with E-state index in [4.69, 9.17) is 11.6 Å². The van der Waals surface area contributed by atoms with Gasteiger partial charge in [-0.1, -0.05) is 11.6 Å². The van der Waals surface area contributed by atoms with E-state index in [2.05, 4.69) is 5.10 Å². The lowest BCUT2D eigenvalue weighted by molar-refractivity contribution is 0.590. The van der Waals surface area contributed by atoms with Crippen LogP contribution in [-0.2, 0) is 9.84 Å². The molecule has 1 heterocycles. The summed E-state index contributed by atoms with van der Waals surface area (Å²) < 4.78 is 26.2. The smallest absolute Gasteiger partial charge is 0.217 e. The topological polar surface area (TPSA) is 52.0 Å². The van der Waals surface area contributed by atoms with Crippen molar-refractivity contribution in [2.45, 2.75) is 16.8 Å². The molecule has 0 amide bonds.